The lowest BCUT2D eigenvalue weighted by Gasteiger charge is -2.39. The molecular formula is C22H35N3O5. The second-order valence-corrected chi connectivity index (χ2v) is 9.25. The van der Waals surface area contributed by atoms with E-state index >= 15 is 0 Å². The zero-order chi connectivity index (χ0) is 21.7. The van der Waals surface area contributed by atoms with E-state index in [4.69, 9.17) is 4.74 Å². The Kier molecular flexibility index (Phi) is 7.72. The summed E-state index contributed by atoms with van der Waals surface area (Å²) >= 11 is 0. The van der Waals surface area contributed by atoms with Gasteiger partial charge in [0.15, 0.2) is 6.61 Å². The van der Waals surface area contributed by atoms with Crippen molar-refractivity contribution in [2.24, 2.45) is 17.8 Å². The van der Waals surface area contributed by atoms with E-state index in [1.165, 1.54) is 12.8 Å². The van der Waals surface area contributed by atoms with Crippen LogP contribution in [0.4, 0.5) is 4.79 Å². The first-order valence-electron chi connectivity index (χ1n) is 11.4. The lowest BCUT2D eigenvalue weighted by Crippen LogP contribution is -2.46. The van der Waals surface area contributed by atoms with Crippen molar-refractivity contribution in [2.45, 2.75) is 83.7 Å². The van der Waals surface area contributed by atoms with E-state index in [0.29, 0.717) is 18.4 Å². The number of carbonyl (C=O) groups is 4. The van der Waals surface area contributed by atoms with Crippen LogP contribution in [0.1, 0.15) is 71.6 Å². The van der Waals surface area contributed by atoms with Crippen LogP contribution in [0, 0.1) is 17.8 Å². The Morgan fingerprint density at radius 2 is 1.77 bits per heavy atom. The molecule has 2 aliphatic carbocycles. The predicted molar refractivity (Wildman–Crippen MR) is 110 cm³/mol. The molecule has 8 heteroatoms. The Morgan fingerprint density at radius 3 is 2.50 bits per heavy atom. The van der Waals surface area contributed by atoms with Crippen LogP contribution in [0.5, 0.6) is 0 Å². The quantitative estimate of drug-likeness (QED) is 0.663. The van der Waals surface area contributed by atoms with Crippen LogP contribution in [0.2, 0.25) is 0 Å². The number of amides is 4. The van der Waals surface area contributed by atoms with Crippen LogP contribution in [0.15, 0.2) is 0 Å². The van der Waals surface area contributed by atoms with Crippen LogP contribution in [-0.4, -0.2) is 54.0 Å². The minimum atomic E-state index is -0.660. The molecule has 3 rings (SSSR count). The van der Waals surface area contributed by atoms with Crippen molar-refractivity contribution in [3.63, 3.8) is 0 Å². The molecule has 1 aliphatic heterocycles. The summed E-state index contributed by atoms with van der Waals surface area (Å²) in [5.74, 6) is -0.806. The third-order valence-electron chi connectivity index (χ3n) is 7.09. The van der Waals surface area contributed by atoms with Crippen molar-refractivity contribution in [3.05, 3.63) is 0 Å². The van der Waals surface area contributed by atoms with Gasteiger partial charge in [-0.05, 0) is 31.1 Å². The molecule has 0 aromatic rings. The third kappa shape index (κ3) is 5.73. The monoisotopic (exact) mass is 421 g/mol. The number of urea groups is 1. The van der Waals surface area contributed by atoms with E-state index in [1.807, 2.05) is 4.90 Å². The van der Waals surface area contributed by atoms with Gasteiger partial charge in [0.05, 0.1) is 5.92 Å². The van der Waals surface area contributed by atoms with E-state index in [1.54, 1.807) is 0 Å². The highest BCUT2D eigenvalue weighted by molar-refractivity contribution is 5.96. The number of imide groups is 1. The number of ether oxygens (including phenoxy) is 1. The zero-order valence-corrected chi connectivity index (χ0v) is 18.2. The van der Waals surface area contributed by atoms with Gasteiger partial charge >= 0.3 is 12.0 Å². The number of carbonyl (C=O) groups excluding carboxylic acids is 4. The van der Waals surface area contributed by atoms with Crippen molar-refractivity contribution >= 4 is 23.8 Å². The van der Waals surface area contributed by atoms with Crippen molar-refractivity contribution in [2.75, 3.05) is 13.2 Å². The van der Waals surface area contributed by atoms with Gasteiger partial charge in [-0.15, -0.1) is 0 Å². The first-order valence-corrected chi connectivity index (χ1v) is 11.4. The molecule has 30 heavy (non-hydrogen) atoms. The Morgan fingerprint density at radius 1 is 1.03 bits per heavy atom. The summed E-state index contributed by atoms with van der Waals surface area (Å²) in [6.45, 7) is 4.23. The first kappa shape index (κ1) is 22.6. The SMILES string of the molecule is C[C@@H]1[C@H](C)CCC[C@H]1N1C[C@H](C(=O)OCC(=O)NC(=O)NC2CCCCC2)CC1=O. The Balaban J connectivity index is 1.40. The normalized spacial score (nSPS) is 30.1. The molecule has 8 nitrogen and oxygen atoms in total. The van der Waals surface area contributed by atoms with Gasteiger partial charge in [-0.3, -0.25) is 19.7 Å². The Bertz CT molecular complexity index is 661. The summed E-state index contributed by atoms with van der Waals surface area (Å²) in [4.78, 5) is 50.6. The zero-order valence-electron chi connectivity index (χ0n) is 18.2. The van der Waals surface area contributed by atoms with Crippen LogP contribution < -0.4 is 10.6 Å². The number of hydrogen-bond acceptors (Lipinski definition) is 5. The van der Waals surface area contributed by atoms with Gasteiger partial charge in [-0.2, -0.15) is 0 Å². The largest absolute Gasteiger partial charge is 0.455 e. The van der Waals surface area contributed by atoms with Crippen molar-refractivity contribution < 1.29 is 23.9 Å². The van der Waals surface area contributed by atoms with E-state index in [2.05, 4.69) is 24.5 Å². The molecular weight excluding hydrogens is 386 g/mol. The van der Waals surface area contributed by atoms with Crippen molar-refractivity contribution in [1.82, 2.24) is 15.5 Å². The number of likely N-dealkylation sites (tertiary alicyclic amines) is 1. The minimum Gasteiger partial charge on any atom is -0.455 e. The molecule has 1 heterocycles. The fraction of sp³-hybridized carbons (Fsp3) is 0.818. The van der Waals surface area contributed by atoms with Gasteiger partial charge in [0, 0.05) is 25.0 Å². The highest BCUT2D eigenvalue weighted by atomic mass is 16.5. The molecule has 3 fully saturated rings. The molecule has 2 N–H and O–H groups in total. The summed E-state index contributed by atoms with van der Waals surface area (Å²) in [6.07, 6.45) is 8.53. The molecule has 0 spiro atoms. The minimum absolute atomic E-state index is 0.0146. The average molecular weight is 422 g/mol. The van der Waals surface area contributed by atoms with Gasteiger partial charge in [0.25, 0.3) is 5.91 Å². The van der Waals surface area contributed by atoms with Gasteiger partial charge in [-0.25, -0.2) is 4.79 Å². The van der Waals surface area contributed by atoms with Gasteiger partial charge < -0.3 is 15.0 Å². The fourth-order valence-electron chi connectivity index (χ4n) is 5.09. The fourth-order valence-corrected chi connectivity index (χ4v) is 5.09. The summed E-state index contributed by atoms with van der Waals surface area (Å²) in [5, 5.41) is 4.99. The van der Waals surface area contributed by atoms with E-state index in [-0.39, 0.29) is 24.4 Å². The number of nitrogens with one attached hydrogen (secondary N) is 2. The van der Waals surface area contributed by atoms with E-state index in [9.17, 15) is 19.2 Å². The van der Waals surface area contributed by atoms with Gasteiger partial charge in [0.2, 0.25) is 5.91 Å². The van der Waals surface area contributed by atoms with Gasteiger partial charge in [0.1, 0.15) is 0 Å². The maximum Gasteiger partial charge on any atom is 0.321 e. The van der Waals surface area contributed by atoms with Crippen molar-refractivity contribution in [3.8, 4) is 0 Å². The van der Waals surface area contributed by atoms with Gasteiger partial charge in [-0.1, -0.05) is 46.0 Å². The molecule has 2 saturated carbocycles. The van der Waals surface area contributed by atoms with Crippen LogP contribution >= 0.6 is 0 Å². The maximum atomic E-state index is 12.5. The Labute approximate surface area is 178 Å². The molecule has 0 aromatic heterocycles. The Hall–Kier alpha value is -2.12. The lowest BCUT2D eigenvalue weighted by molar-refractivity contribution is -0.152. The second kappa shape index (κ2) is 10.3. The molecule has 4 atom stereocenters. The van der Waals surface area contributed by atoms with E-state index < -0.39 is 30.4 Å². The summed E-state index contributed by atoms with van der Waals surface area (Å²) in [7, 11) is 0. The molecule has 168 valence electrons. The predicted octanol–water partition coefficient (Wildman–Crippen LogP) is 2.36. The molecule has 0 bridgehead atoms. The molecule has 4 amide bonds. The number of esters is 1. The maximum absolute atomic E-state index is 12.5. The molecule has 3 aliphatic rings. The van der Waals surface area contributed by atoms with E-state index in [0.717, 1.165) is 38.5 Å². The first-order chi connectivity index (χ1) is 14.3. The second-order valence-electron chi connectivity index (χ2n) is 9.25. The van der Waals surface area contributed by atoms with Crippen LogP contribution in [0.25, 0.3) is 0 Å². The topological polar surface area (TPSA) is 105 Å². The van der Waals surface area contributed by atoms with Crippen molar-refractivity contribution in [1.29, 1.82) is 0 Å². The highest BCUT2D eigenvalue weighted by Gasteiger charge is 2.42. The molecule has 0 radical (unpaired) electrons. The summed E-state index contributed by atoms with van der Waals surface area (Å²) < 4.78 is 5.10. The number of rotatable bonds is 5. The standard InChI is InChI=1S/C22H35N3O5/c1-14-7-6-10-18(15(14)2)25-12-16(11-20(25)27)21(28)30-13-19(26)24-22(29)23-17-8-4-3-5-9-17/h14-18H,3-13H2,1-2H3,(H2,23,24,26,29)/t14-,15-,16-,18-/m1/s1. The lowest BCUT2D eigenvalue weighted by atomic mass is 9.77. The summed E-state index contributed by atoms with van der Waals surface area (Å²) in [6, 6.07) is -0.286. The highest BCUT2D eigenvalue weighted by Crippen LogP contribution is 2.35. The number of hydrogen-bond donors (Lipinski definition) is 2. The molecule has 0 aromatic carbocycles. The molecule has 0 unspecified atom stereocenters. The average Bonchev–Trinajstić information content (AvgIpc) is 3.10. The molecule has 1 saturated heterocycles. The smallest absolute Gasteiger partial charge is 0.321 e. The van der Waals surface area contributed by atoms with Crippen LogP contribution in [-0.2, 0) is 19.1 Å². The number of nitrogens with zero attached hydrogens (tertiary/aromatic N) is 1. The summed E-state index contributed by atoms with van der Waals surface area (Å²) in [5.41, 5.74) is 0. The van der Waals surface area contributed by atoms with Crippen LogP contribution in [0.3, 0.4) is 0 Å². The third-order valence-corrected chi connectivity index (χ3v) is 7.09.